The maximum Gasteiger partial charge on any atom is 0.128 e. The molecule has 0 atom stereocenters. The molecule has 0 saturated carbocycles. The maximum atomic E-state index is 4.98. The summed E-state index contributed by atoms with van der Waals surface area (Å²) in [4.78, 5) is 9.95. The number of hydrogen-bond acceptors (Lipinski definition) is 2. The molecule has 0 amide bonds. The Morgan fingerprint density at radius 3 is 0.614 bits per heavy atom. The van der Waals surface area contributed by atoms with Gasteiger partial charge in [0.25, 0.3) is 0 Å². The smallest absolute Gasteiger partial charge is 0.128 e. The number of aryl methyl sites for hydroxylation is 3. The second-order valence-electron chi connectivity index (χ2n) is 18.9. The first-order chi connectivity index (χ1) is 28.3. The van der Waals surface area contributed by atoms with E-state index >= 15 is 0 Å². The van der Waals surface area contributed by atoms with Crippen molar-refractivity contribution in [2.75, 3.05) is 0 Å². The lowest BCUT2D eigenvalue weighted by Crippen LogP contribution is -2.04. The SMILES string of the molecule is CCCCCCCCCCCCCCCCCCCCCCCCc1cc(CCCCCCCCCCCCCCCCCCCCCCCC)nc(CCC)n1. The van der Waals surface area contributed by atoms with Crippen LogP contribution in [0.5, 0.6) is 0 Å². The molecular formula is C55H106N2. The number of aromatic nitrogens is 2. The third kappa shape index (κ3) is 40.3. The van der Waals surface area contributed by atoms with Crippen molar-refractivity contribution in [1.82, 2.24) is 9.97 Å². The van der Waals surface area contributed by atoms with E-state index < -0.39 is 0 Å². The normalized spacial score (nSPS) is 11.6. The first kappa shape index (κ1) is 54.1. The van der Waals surface area contributed by atoms with Crippen LogP contribution in [0.3, 0.4) is 0 Å². The molecule has 0 bridgehead atoms. The monoisotopic (exact) mass is 795 g/mol. The van der Waals surface area contributed by atoms with E-state index in [0.29, 0.717) is 0 Å². The molecule has 0 aliphatic carbocycles. The molecule has 2 heteroatoms. The summed E-state index contributed by atoms with van der Waals surface area (Å²) in [5.41, 5.74) is 2.63. The molecule has 0 aromatic carbocycles. The van der Waals surface area contributed by atoms with Crippen LogP contribution in [0, 0.1) is 0 Å². The molecule has 0 aliphatic heterocycles. The topological polar surface area (TPSA) is 25.8 Å². The summed E-state index contributed by atoms with van der Waals surface area (Å²) in [5, 5.41) is 0. The van der Waals surface area contributed by atoms with Crippen LogP contribution in [-0.2, 0) is 19.3 Å². The van der Waals surface area contributed by atoms with E-state index in [0.717, 1.165) is 31.5 Å². The highest BCUT2D eigenvalue weighted by molar-refractivity contribution is 5.12. The van der Waals surface area contributed by atoms with Crippen molar-refractivity contribution in [2.24, 2.45) is 0 Å². The Morgan fingerprint density at radius 1 is 0.228 bits per heavy atom. The van der Waals surface area contributed by atoms with Gasteiger partial charge in [0.2, 0.25) is 0 Å². The van der Waals surface area contributed by atoms with Gasteiger partial charge in [0, 0.05) is 17.8 Å². The average Bonchev–Trinajstić information content (AvgIpc) is 3.21. The second kappa shape index (κ2) is 46.2. The molecule has 1 aromatic heterocycles. The van der Waals surface area contributed by atoms with Crippen LogP contribution in [0.1, 0.15) is 327 Å². The number of rotatable bonds is 48. The molecular weight excluding hydrogens is 689 g/mol. The van der Waals surface area contributed by atoms with Gasteiger partial charge in [-0.3, -0.25) is 0 Å². The zero-order valence-corrected chi connectivity index (χ0v) is 39.9. The van der Waals surface area contributed by atoms with E-state index in [2.05, 4.69) is 26.8 Å². The van der Waals surface area contributed by atoms with Crippen LogP contribution < -0.4 is 0 Å². The quantitative estimate of drug-likeness (QED) is 0.0614. The van der Waals surface area contributed by atoms with Gasteiger partial charge >= 0.3 is 0 Å². The third-order valence-electron chi connectivity index (χ3n) is 12.9. The lowest BCUT2D eigenvalue weighted by molar-refractivity contribution is 0.518. The highest BCUT2D eigenvalue weighted by atomic mass is 14.9. The van der Waals surface area contributed by atoms with Crippen LogP contribution in [-0.4, -0.2) is 9.97 Å². The standard InChI is InChI=1S/C55H106N2/c1-4-7-9-11-13-15-17-19-21-23-25-27-29-31-33-35-37-39-41-43-45-47-50-53-52-54(57-55(56-53)49-6-3)51-48-46-44-42-40-38-36-34-32-30-28-26-24-22-20-18-16-14-12-10-8-5-2/h52H,4-51H2,1-3H3. The maximum absolute atomic E-state index is 4.98. The largest absolute Gasteiger partial charge is 0.238 e. The first-order valence-corrected chi connectivity index (χ1v) is 27.2. The van der Waals surface area contributed by atoms with Crippen LogP contribution in [0.2, 0.25) is 0 Å². The molecule has 1 rings (SSSR count). The predicted molar refractivity (Wildman–Crippen MR) is 258 cm³/mol. The molecule has 1 aromatic rings. The van der Waals surface area contributed by atoms with Crippen molar-refractivity contribution >= 4 is 0 Å². The molecule has 0 radical (unpaired) electrons. The Balaban J connectivity index is 1.92. The minimum atomic E-state index is 1.03. The van der Waals surface area contributed by atoms with Gasteiger partial charge < -0.3 is 0 Å². The highest BCUT2D eigenvalue weighted by Gasteiger charge is 2.06. The third-order valence-corrected chi connectivity index (χ3v) is 12.9. The van der Waals surface area contributed by atoms with Gasteiger partial charge in [-0.2, -0.15) is 0 Å². The second-order valence-corrected chi connectivity index (χ2v) is 18.9. The minimum absolute atomic E-state index is 1.03. The van der Waals surface area contributed by atoms with Crippen molar-refractivity contribution in [1.29, 1.82) is 0 Å². The zero-order valence-electron chi connectivity index (χ0n) is 39.9. The van der Waals surface area contributed by atoms with Crippen LogP contribution >= 0.6 is 0 Å². The van der Waals surface area contributed by atoms with Crippen molar-refractivity contribution in [3.63, 3.8) is 0 Å². The van der Waals surface area contributed by atoms with Gasteiger partial charge in [-0.1, -0.05) is 290 Å². The molecule has 0 aliphatic rings. The van der Waals surface area contributed by atoms with Gasteiger partial charge in [-0.15, -0.1) is 0 Å². The summed E-state index contributed by atoms with van der Waals surface area (Å²) in [6, 6.07) is 2.35. The molecule has 0 fully saturated rings. The Bertz CT molecular complexity index is 828. The van der Waals surface area contributed by atoms with E-state index in [1.54, 1.807) is 0 Å². The molecule has 0 unspecified atom stereocenters. The molecule has 0 spiro atoms. The molecule has 57 heavy (non-hydrogen) atoms. The number of nitrogens with zero attached hydrogens (tertiary/aromatic N) is 2. The van der Waals surface area contributed by atoms with Gasteiger partial charge in [0.05, 0.1) is 0 Å². The van der Waals surface area contributed by atoms with Crippen molar-refractivity contribution in [2.45, 2.75) is 329 Å². The summed E-state index contributed by atoms with van der Waals surface area (Å²) < 4.78 is 0. The number of unbranched alkanes of at least 4 members (excludes halogenated alkanes) is 42. The average molecular weight is 795 g/mol. The van der Waals surface area contributed by atoms with Crippen LogP contribution in [0.4, 0.5) is 0 Å². The fraction of sp³-hybridized carbons (Fsp3) is 0.927. The molecule has 0 saturated heterocycles. The van der Waals surface area contributed by atoms with Crippen molar-refractivity contribution in [3.8, 4) is 0 Å². The molecule has 1 heterocycles. The molecule has 0 N–H and O–H groups in total. The van der Waals surface area contributed by atoms with Gasteiger partial charge in [-0.05, 0) is 38.2 Å². The zero-order chi connectivity index (χ0) is 40.8. The van der Waals surface area contributed by atoms with E-state index in [1.165, 1.54) is 294 Å². The summed E-state index contributed by atoms with van der Waals surface area (Å²) in [5.74, 6) is 1.10. The lowest BCUT2D eigenvalue weighted by atomic mass is 10.0. The Labute approximate surface area is 360 Å². The van der Waals surface area contributed by atoms with Crippen molar-refractivity contribution in [3.05, 3.63) is 23.3 Å². The minimum Gasteiger partial charge on any atom is -0.238 e. The fourth-order valence-electron chi connectivity index (χ4n) is 9.03. The Kier molecular flexibility index (Phi) is 43.8. The van der Waals surface area contributed by atoms with Crippen LogP contribution in [0.25, 0.3) is 0 Å². The molecule has 2 nitrogen and oxygen atoms in total. The summed E-state index contributed by atoms with van der Waals surface area (Å²) in [7, 11) is 0. The first-order valence-electron chi connectivity index (χ1n) is 27.2. The Morgan fingerprint density at radius 2 is 0.421 bits per heavy atom. The summed E-state index contributed by atoms with van der Waals surface area (Å²) in [6.07, 6.45) is 68.1. The molecule has 336 valence electrons. The van der Waals surface area contributed by atoms with E-state index in [9.17, 15) is 0 Å². The van der Waals surface area contributed by atoms with E-state index in [-0.39, 0.29) is 0 Å². The van der Waals surface area contributed by atoms with E-state index in [1.807, 2.05) is 0 Å². The van der Waals surface area contributed by atoms with Gasteiger partial charge in [0.15, 0.2) is 0 Å². The lowest BCUT2D eigenvalue weighted by Gasteiger charge is -2.09. The summed E-state index contributed by atoms with van der Waals surface area (Å²) >= 11 is 0. The summed E-state index contributed by atoms with van der Waals surface area (Å²) in [6.45, 7) is 6.88. The predicted octanol–water partition coefficient (Wildman–Crippen LogP) is 19.7. The number of hydrogen-bond donors (Lipinski definition) is 0. The van der Waals surface area contributed by atoms with Gasteiger partial charge in [-0.25, -0.2) is 9.97 Å². The van der Waals surface area contributed by atoms with Gasteiger partial charge in [0.1, 0.15) is 5.82 Å². The van der Waals surface area contributed by atoms with Crippen LogP contribution in [0.15, 0.2) is 6.07 Å². The highest BCUT2D eigenvalue weighted by Crippen LogP contribution is 2.19. The van der Waals surface area contributed by atoms with E-state index in [4.69, 9.17) is 9.97 Å². The fourth-order valence-corrected chi connectivity index (χ4v) is 9.03. The van der Waals surface area contributed by atoms with Crippen molar-refractivity contribution < 1.29 is 0 Å². The Hall–Kier alpha value is -0.920.